The molecule has 6 rings (SSSR count). The van der Waals surface area contributed by atoms with Gasteiger partial charge >= 0.3 is 0 Å². The Morgan fingerprint density at radius 2 is 0.776 bits per heavy atom. The minimum atomic E-state index is -0.820. The predicted molar refractivity (Wildman–Crippen MR) is 345 cm³/mol. The Hall–Kier alpha value is -3.81. The lowest BCUT2D eigenvalue weighted by Gasteiger charge is -2.37. The maximum absolute atomic E-state index is 7.22. The van der Waals surface area contributed by atoms with Crippen LogP contribution in [0.15, 0.2) is 73.6 Å². The largest absolute Gasteiger partial charge is 0.351 e. The molecule has 5 unspecified atom stereocenters. The molecule has 3 aromatic heterocycles. The third kappa shape index (κ3) is 21.7. The number of unbranched alkanes of at least 4 members (excludes halogenated alkanes) is 12. The van der Waals surface area contributed by atoms with Gasteiger partial charge in [-0.3, -0.25) is 28.4 Å². The van der Waals surface area contributed by atoms with Crippen LogP contribution in [0, 0.1) is 5.41 Å². The van der Waals surface area contributed by atoms with Gasteiger partial charge in [-0.1, -0.05) is 103 Å². The number of hydrogen-bond donors (Lipinski definition) is 0. The maximum atomic E-state index is 7.22. The Labute approximate surface area is 514 Å². The first-order valence-corrected chi connectivity index (χ1v) is 32.7. The molecule has 6 heterocycles. The Kier molecular flexibility index (Phi) is 28.8. The lowest BCUT2D eigenvalue weighted by atomic mass is 9.93. The zero-order valence-corrected chi connectivity index (χ0v) is 55.2. The van der Waals surface area contributed by atoms with Crippen molar-refractivity contribution >= 4 is 17.1 Å². The Morgan fingerprint density at radius 1 is 0.459 bits per heavy atom. The first kappa shape index (κ1) is 70.3. The van der Waals surface area contributed by atoms with Crippen LogP contribution in [0.3, 0.4) is 0 Å². The van der Waals surface area contributed by atoms with Crippen LogP contribution in [0.5, 0.6) is 0 Å². The summed E-state index contributed by atoms with van der Waals surface area (Å²) in [5, 5.41) is 0. The molecule has 0 radical (unpaired) electrons. The van der Waals surface area contributed by atoms with Crippen molar-refractivity contribution in [2.45, 2.75) is 228 Å². The molecule has 5 atom stereocenters. The van der Waals surface area contributed by atoms with Gasteiger partial charge in [0, 0.05) is 40.7 Å². The van der Waals surface area contributed by atoms with Gasteiger partial charge in [0.15, 0.2) is 55.3 Å². The van der Waals surface area contributed by atoms with Gasteiger partial charge in [0.1, 0.15) is 0 Å². The molecule has 0 spiro atoms. The van der Waals surface area contributed by atoms with Crippen LogP contribution in [-0.2, 0) is 62.5 Å². The Morgan fingerprint density at radius 3 is 1.14 bits per heavy atom. The summed E-state index contributed by atoms with van der Waals surface area (Å²) in [6.07, 6.45) is 32.4. The van der Waals surface area contributed by atoms with Crippen molar-refractivity contribution in [1.82, 2.24) is 28.4 Å². The molecule has 476 valence electrons. The quantitative estimate of drug-likeness (QED) is 0.0307. The molecule has 0 N–H and O–H groups in total. The number of hydrogen-bond acceptors (Lipinski definition) is 12. The van der Waals surface area contributed by atoms with Gasteiger partial charge in [-0.2, -0.15) is 0 Å². The second-order valence-corrected chi connectivity index (χ2v) is 26.7. The molecule has 0 saturated carbocycles. The third-order valence-corrected chi connectivity index (χ3v) is 17.9. The van der Waals surface area contributed by atoms with Crippen LogP contribution in [0.25, 0.3) is 0 Å². The number of aromatic nitrogens is 3. The van der Waals surface area contributed by atoms with Crippen LogP contribution in [-0.4, -0.2) is 116 Å². The fraction of sp³-hybridized carbons (Fsp3) is 0.700. The van der Waals surface area contributed by atoms with Crippen molar-refractivity contribution < 1.29 is 42.6 Å². The number of nitrogens with zero attached hydrogens (tertiary/aromatic N) is 6. The molecule has 0 fully saturated rings. The number of rotatable bonds is 39. The van der Waals surface area contributed by atoms with Gasteiger partial charge in [-0.25, -0.2) is 0 Å². The average Bonchev–Trinajstić information content (AvgIpc) is 2.95. The lowest BCUT2D eigenvalue weighted by Crippen LogP contribution is -2.43. The molecule has 0 bridgehead atoms. The van der Waals surface area contributed by atoms with Gasteiger partial charge < -0.3 is 42.6 Å². The van der Waals surface area contributed by atoms with E-state index in [-0.39, 0.29) is 26.6 Å². The Balaban J connectivity index is 1.28. The summed E-state index contributed by atoms with van der Waals surface area (Å²) in [7, 11) is 13.6. The highest BCUT2D eigenvalue weighted by atomic mass is 16.8. The van der Waals surface area contributed by atoms with Crippen molar-refractivity contribution in [3.63, 3.8) is 0 Å². The fourth-order valence-corrected chi connectivity index (χ4v) is 11.9. The average molecular weight is 1180 g/mol. The van der Waals surface area contributed by atoms with Gasteiger partial charge in [0.25, 0.3) is 0 Å². The highest BCUT2D eigenvalue weighted by Crippen LogP contribution is 2.43. The van der Waals surface area contributed by atoms with E-state index < -0.39 is 36.9 Å². The van der Waals surface area contributed by atoms with Gasteiger partial charge in [0.05, 0.1) is 137 Å². The number of fused-ring (bicyclic) bond motifs is 3. The van der Waals surface area contributed by atoms with Crippen LogP contribution in [0.1, 0.15) is 229 Å². The lowest BCUT2D eigenvalue weighted by molar-refractivity contribution is -0.270. The monoisotopic (exact) mass is 1180 g/mol. The van der Waals surface area contributed by atoms with Crippen LogP contribution < -0.4 is 13.4 Å². The van der Waals surface area contributed by atoms with E-state index in [4.69, 9.17) is 57.6 Å². The molecule has 0 aliphatic carbocycles. The second kappa shape index (κ2) is 34.8. The van der Waals surface area contributed by atoms with Gasteiger partial charge in [-0.05, 0) is 110 Å². The zero-order chi connectivity index (χ0) is 61.5. The standard InChI is InChI=1S/C70H115N6O9/c1-16-53(4)34-28-22-19-25-31-37-74(10,11)61-43-71-40-58-46-77-52-83-67(64(58)61)80-49-70(9,50-81-68-65-59(47-78-56(7)84-68)41-72-44-62(65)75(12,13)38-32-26-20-23-29-35-54(5)17-2)51-82-69-66-60(48-79-57(8)85-69)42-73-45-63(66)76(14,15)39-33-27-21-24-30-36-55(6)18-3/h40-45,56-57,67-69H,4-6,16-39,46-52H2,1-3,7-15H3/q+3. The van der Waals surface area contributed by atoms with Crippen molar-refractivity contribution in [2.75, 3.05) is 88.5 Å². The highest BCUT2D eigenvalue weighted by Gasteiger charge is 2.41. The van der Waals surface area contributed by atoms with Crippen LogP contribution in [0.4, 0.5) is 17.1 Å². The molecular formula is C70H115N6O9+3. The van der Waals surface area contributed by atoms with Crippen molar-refractivity contribution in [3.05, 3.63) is 107 Å². The SMILES string of the molecule is C=C(CC)CCCCCCC[N+](C)(C)c1cncc2c1C(OCC(C)(COC1OC(C)OCc3cncc([N+](C)(C)CCCCCCCC(=C)CC)c31)COC1OC(C)OCc3cncc([N+](C)(C)CCCCCCCC(=C)CC)c31)OCOC2. The smallest absolute Gasteiger partial charge is 0.193 e. The predicted octanol–water partition coefficient (Wildman–Crippen LogP) is 16.2. The first-order chi connectivity index (χ1) is 40.7. The van der Waals surface area contributed by atoms with Gasteiger partial charge in [-0.15, -0.1) is 0 Å². The number of ether oxygens (including phenoxy) is 9. The summed E-state index contributed by atoms with van der Waals surface area (Å²) < 4.78 is 62.3. The normalized spacial score (nSPS) is 20.1. The van der Waals surface area contributed by atoms with E-state index in [1.54, 1.807) is 0 Å². The number of pyridine rings is 3. The summed E-state index contributed by atoms with van der Waals surface area (Å²) in [4.78, 5) is 14.4. The molecule has 15 heteroatoms. The summed E-state index contributed by atoms with van der Waals surface area (Å²) in [6, 6.07) is 0. The van der Waals surface area contributed by atoms with E-state index in [1.807, 2.05) is 51.0 Å². The van der Waals surface area contributed by atoms with Crippen molar-refractivity contribution in [3.8, 4) is 0 Å². The van der Waals surface area contributed by atoms with E-state index >= 15 is 0 Å². The zero-order valence-electron chi connectivity index (χ0n) is 55.2. The first-order valence-electron chi connectivity index (χ1n) is 32.7. The molecule has 15 nitrogen and oxygen atoms in total. The fourth-order valence-electron chi connectivity index (χ4n) is 11.9. The second-order valence-electron chi connectivity index (χ2n) is 26.7. The third-order valence-electron chi connectivity index (χ3n) is 17.9. The molecule has 0 amide bonds. The molecule has 3 aliphatic rings. The van der Waals surface area contributed by atoms with E-state index in [0.717, 1.165) is 147 Å². The van der Waals surface area contributed by atoms with E-state index in [1.165, 1.54) is 74.5 Å². The minimum Gasteiger partial charge on any atom is -0.351 e. The highest BCUT2D eigenvalue weighted by molar-refractivity contribution is 5.54. The summed E-state index contributed by atoms with van der Waals surface area (Å²) in [6.45, 7) is 29.7. The molecule has 0 saturated heterocycles. The molecule has 3 aromatic rings. The summed E-state index contributed by atoms with van der Waals surface area (Å²) >= 11 is 0. The number of quaternary nitrogens is 3. The van der Waals surface area contributed by atoms with E-state index in [9.17, 15) is 0 Å². The van der Waals surface area contributed by atoms with Crippen LogP contribution in [0.2, 0.25) is 0 Å². The van der Waals surface area contributed by atoms with Crippen molar-refractivity contribution in [1.29, 1.82) is 0 Å². The molecule has 3 aliphatic heterocycles. The van der Waals surface area contributed by atoms with Crippen LogP contribution >= 0.6 is 0 Å². The molecular weight excluding hydrogens is 1070 g/mol. The van der Waals surface area contributed by atoms with E-state index in [2.05, 4.69) is 89.7 Å². The van der Waals surface area contributed by atoms with Gasteiger partial charge in [0.2, 0.25) is 0 Å². The minimum absolute atomic E-state index is 0.0650. The topological polar surface area (TPSA) is 122 Å². The van der Waals surface area contributed by atoms with E-state index in [0.29, 0.717) is 33.3 Å². The van der Waals surface area contributed by atoms with Crippen molar-refractivity contribution in [2.24, 2.45) is 5.41 Å². The Bertz CT molecular complexity index is 2420. The molecule has 0 aromatic carbocycles. The maximum Gasteiger partial charge on any atom is 0.193 e. The number of allylic oxidation sites excluding steroid dienone is 3. The molecule has 85 heavy (non-hydrogen) atoms. The summed E-state index contributed by atoms with van der Waals surface area (Å²) in [5.74, 6) is 0. The summed E-state index contributed by atoms with van der Waals surface area (Å²) in [5.41, 5.74) is 12.1.